The van der Waals surface area contributed by atoms with E-state index in [9.17, 15) is 0 Å². The summed E-state index contributed by atoms with van der Waals surface area (Å²) in [6.07, 6.45) is 2.56. The number of rotatable bonds is 6. The van der Waals surface area contributed by atoms with Crippen LogP contribution in [0.25, 0.3) is 0 Å². The highest BCUT2D eigenvalue weighted by Gasteiger charge is 2.11. The molecule has 1 aromatic carbocycles. The van der Waals surface area contributed by atoms with Gasteiger partial charge in [-0.05, 0) is 30.7 Å². The fraction of sp³-hybridized carbons (Fsp3) is 0.200. The van der Waals surface area contributed by atoms with Gasteiger partial charge in [0.25, 0.3) is 0 Å². The Morgan fingerprint density at radius 3 is 2.55 bits per heavy atom. The second kappa shape index (κ2) is 6.86. The zero-order valence-corrected chi connectivity index (χ0v) is 12.0. The second-order valence-electron chi connectivity index (χ2n) is 4.11. The van der Waals surface area contributed by atoms with Crippen LogP contribution < -0.4 is 15.2 Å². The lowest BCUT2D eigenvalue weighted by Gasteiger charge is -2.13. The van der Waals surface area contributed by atoms with Crippen LogP contribution in [0.1, 0.15) is 19.0 Å². The van der Waals surface area contributed by atoms with Gasteiger partial charge in [-0.2, -0.15) is 0 Å². The average molecular weight is 288 g/mol. The summed E-state index contributed by atoms with van der Waals surface area (Å²) in [7, 11) is 0. The Balaban J connectivity index is 2.28. The van der Waals surface area contributed by atoms with Gasteiger partial charge in [0.05, 0.1) is 6.61 Å². The van der Waals surface area contributed by atoms with Gasteiger partial charge in [0, 0.05) is 6.20 Å². The molecule has 4 nitrogen and oxygen atoms in total. The minimum absolute atomic E-state index is 0.201. The molecular weight excluding hydrogens is 272 g/mol. The van der Waals surface area contributed by atoms with Gasteiger partial charge in [-0.25, -0.2) is 4.98 Å². The maximum absolute atomic E-state index is 5.84. The molecule has 0 aliphatic heterocycles. The molecule has 20 heavy (non-hydrogen) atoms. The Kier molecular flexibility index (Phi) is 4.90. The summed E-state index contributed by atoms with van der Waals surface area (Å²) in [4.78, 5) is 4.34. The molecule has 0 radical (unpaired) electrons. The molecule has 0 spiro atoms. The van der Waals surface area contributed by atoms with E-state index in [4.69, 9.17) is 27.4 Å². The molecule has 0 amide bonds. The molecule has 0 saturated carbocycles. The van der Waals surface area contributed by atoms with Crippen LogP contribution in [0.15, 0.2) is 42.6 Å². The van der Waals surface area contributed by atoms with E-state index in [1.165, 1.54) is 0 Å². The van der Waals surface area contributed by atoms with Gasteiger partial charge in [-0.15, -0.1) is 0 Å². The number of hydrogen-bond acceptors (Lipinski definition) is 4. The summed E-state index contributed by atoms with van der Waals surface area (Å²) < 4.78 is 11.5. The summed E-state index contributed by atoms with van der Waals surface area (Å²) in [5.41, 5.74) is 6.11. The molecule has 2 aromatic rings. The maximum Gasteiger partial charge on any atom is 0.169 e. The molecule has 0 aliphatic carbocycles. The molecule has 0 fully saturated rings. The largest absolute Gasteiger partial charge is 0.490 e. The number of aromatic nitrogens is 1. The van der Waals surface area contributed by atoms with Crippen molar-refractivity contribution in [1.29, 1.82) is 0 Å². The van der Waals surface area contributed by atoms with Gasteiger partial charge in [0.1, 0.15) is 10.7 Å². The highest BCUT2D eigenvalue weighted by atomic mass is 32.1. The van der Waals surface area contributed by atoms with E-state index < -0.39 is 0 Å². The number of ether oxygens (including phenoxy) is 2. The molecule has 0 bridgehead atoms. The van der Waals surface area contributed by atoms with E-state index in [-0.39, 0.29) is 4.99 Å². The highest BCUT2D eigenvalue weighted by Crippen LogP contribution is 2.32. The van der Waals surface area contributed by atoms with E-state index in [0.29, 0.717) is 29.5 Å². The first kappa shape index (κ1) is 14.3. The van der Waals surface area contributed by atoms with Crippen molar-refractivity contribution in [3.63, 3.8) is 0 Å². The molecule has 104 valence electrons. The molecule has 5 heteroatoms. The number of pyridine rings is 1. The number of benzene rings is 1. The summed E-state index contributed by atoms with van der Waals surface area (Å²) in [6, 6.07) is 11.0. The lowest BCUT2D eigenvalue weighted by molar-refractivity contribution is 0.302. The van der Waals surface area contributed by atoms with Gasteiger partial charge in [0.15, 0.2) is 17.2 Å². The molecule has 1 heterocycles. The fourth-order valence-electron chi connectivity index (χ4n) is 1.64. The van der Waals surface area contributed by atoms with Crippen LogP contribution in [0.5, 0.6) is 17.2 Å². The molecule has 2 rings (SSSR count). The van der Waals surface area contributed by atoms with E-state index in [2.05, 4.69) is 11.9 Å². The topological polar surface area (TPSA) is 57.4 Å². The standard InChI is InChI=1S/C15H16N2O2S/c1-2-10-18-11-6-3-4-7-12(11)19-13-8-5-9-17-14(13)15(16)20/h3-9H,2,10H2,1H3,(H2,16,20). The third kappa shape index (κ3) is 3.45. The van der Waals surface area contributed by atoms with Crippen molar-refractivity contribution >= 4 is 17.2 Å². The summed E-state index contributed by atoms with van der Waals surface area (Å²) in [5, 5.41) is 0. The summed E-state index contributed by atoms with van der Waals surface area (Å²) >= 11 is 4.97. The normalized spacial score (nSPS) is 10.1. The van der Waals surface area contributed by atoms with Crippen LogP contribution in [0, 0.1) is 0 Å². The van der Waals surface area contributed by atoms with Crippen LogP contribution in [-0.4, -0.2) is 16.6 Å². The van der Waals surface area contributed by atoms with Gasteiger partial charge in [-0.1, -0.05) is 31.3 Å². The minimum Gasteiger partial charge on any atom is -0.490 e. The molecule has 2 N–H and O–H groups in total. The first-order valence-corrected chi connectivity index (χ1v) is 6.77. The maximum atomic E-state index is 5.84. The molecule has 0 atom stereocenters. The van der Waals surface area contributed by atoms with Gasteiger partial charge in [0.2, 0.25) is 0 Å². The first-order chi connectivity index (χ1) is 9.72. The average Bonchev–Trinajstić information content (AvgIpc) is 2.47. The SMILES string of the molecule is CCCOc1ccccc1Oc1cccnc1C(N)=S. The predicted octanol–water partition coefficient (Wildman–Crippen LogP) is 3.30. The van der Waals surface area contributed by atoms with Crippen LogP contribution in [-0.2, 0) is 0 Å². The van der Waals surface area contributed by atoms with Crippen LogP contribution in [0.3, 0.4) is 0 Å². The van der Waals surface area contributed by atoms with Crippen LogP contribution >= 0.6 is 12.2 Å². The molecular formula is C15H16N2O2S. The van der Waals surface area contributed by atoms with Gasteiger partial charge >= 0.3 is 0 Å². The summed E-state index contributed by atoms with van der Waals surface area (Å²) in [6.45, 7) is 2.69. The third-order valence-electron chi connectivity index (χ3n) is 2.53. The smallest absolute Gasteiger partial charge is 0.169 e. The first-order valence-electron chi connectivity index (χ1n) is 6.37. The van der Waals surface area contributed by atoms with E-state index in [1.807, 2.05) is 24.3 Å². The number of nitrogens with zero attached hydrogens (tertiary/aromatic N) is 1. The number of para-hydroxylation sites is 2. The lowest BCUT2D eigenvalue weighted by Crippen LogP contribution is -2.12. The Morgan fingerprint density at radius 2 is 1.85 bits per heavy atom. The van der Waals surface area contributed by atoms with Crippen molar-refractivity contribution in [2.24, 2.45) is 5.73 Å². The Morgan fingerprint density at radius 1 is 1.15 bits per heavy atom. The van der Waals surface area contributed by atoms with Crippen molar-refractivity contribution in [3.8, 4) is 17.2 Å². The van der Waals surface area contributed by atoms with Gasteiger partial charge in [-0.3, -0.25) is 0 Å². The molecule has 1 aromatic heterocycles. The zero-order chi connectivity index (χ0) is 14.4. The third-order valence-corrected chi connectivity index (χ3v) is 2.73. The van der Waals surface area contributed by atoms with Crippen LogP contribution in [0.4, 0.5) is 0 Å². The quantitative estimate of drug-likeness (QED) is 0.826. The Hall–Kier alpha value is -2.14. The number of nitrogens with two attached hydrogens (primary N) is 1. The fourth-order valence-corrected chi connectivity index (χ4v) is 1.80. The lowest BCUT2D eigenvalue weighted by atomic mass is 10.3. The van der Waals surface area contributed by atoms with E-state index in [0.717, 1.165) is 6.42 Å². The second-order valence-corrected chi connectivity index (χ2v) is 4.55. The Labute approximate surface area is 123 Å². The predicted molar refractivity (Wildman–Crippen MR) is 82.4 cm³/mol. The van der Waals surface area contributed by atoms with Gasteiger partial charge < -0.3 is 15.2 Å². The molecule has 0 saturated heterocycles. The van der Waals surface area contributed by atoms with Crippen molar-refractivity contribution in [2.75, 3.05) is 6.61 Å². The zero-order valence-electron chi connectivity index (χ0n) is 11.2. The number of thiocarbonyl (C=S) groups is 1. The molecule has 0 aliphatic rings. The molecule has 0 unspecified atom stereocenters. The van der Waals surface area contributed by atoms with Crippen molar-refractivity contribution in [2.45, 2.75) is 13.3 Å². The summed E-state index contributed by atoms with van der Waals surface area (Å²) in [5.74, 6) is 1.83. The van der Waals surface area contributed by atoms with Crippen molar-refractivity contribution in [3.05, 3.63) is 48.3 Å². The Bertz CT molecular complexity index is 602. The monoisotopic (exact) mass is 288 g/mol. The van der Waals surface area contributed by atoms with E-state index in [1.54, 1.807) is 18.3 Å². The number of hydrogen-bond donors (Lipinski definition) is 1. The van der Waals surface area contributed by atoms with E-state index >= 15 is 0 Å². The van der Waals surface area contributed by atoms with Crippen molar-refractivity contribution < 1.29 is 9.47 Å². The van der Waals surface area contributed by atoms with Crippen molar-refractivity contribution in [1.82, 2.24) is 4.98 Å². The highest BCUT2D eigenvalue weighted by molar-refractivity contribution is 7.80. The minimum atomic E-state index is 0.201. The van der Waals surface area contributed by atoms with Crippen LogP contribution in [0.2, 0.25) is 0 Å².